The van der Waals surface area contributed by atoms with Crippen LogP contribution in [0.15, 0.2) is 60.7 Å². The molecule has 0 saturated heterocycles. The number of aryl methyl sites for hydroxylation is 2. The van der Waals surface area contributed by atoms with E-state index in [9.17, 15) is 0 Å². The lowest BCUT2D eigenvalue weighted by Crippen LogP contribution is -2.22. The van der Waals surface area contributed by atoms with E-state index in [0.717, 1.165) is 12.8 Å². The fourth-order valence-electron chi connectivity index (χ4n) is 4.96. The molecule has 0 aromatic heterocycles. The normalized spacial score (nSPS) is 14.4. The summed E-state index contributed by atoms with van der Waals surface area (Å²) < 4.78 is 0. The van der Waals surface area contributed by atoms with Gasteiger partial charge < -0.3 is 0 Å². The predicted octanol–water partition coefficient (Wildman–Crippen LogP) is 8.95. The maximum absolute atomic E-state index is 2.43. The summed E-state index contributed by atoms with van der Waals surface area (Å²) in [6.45, 7) is 11.5. The third-order valence-electron chi connectivity index (χ3n) is 6.96. The Hall–Kier alpha value is -2.21. The van der Waals surface area contributed by atoms with Crippen LogP contribution in [0.1, 0.15) is 88.0 Å². The largest absolute Gasteiger partial charge is 0.0966 e. The molecular formula is C30H39+. The van der Waals surface area contributed by atoms with Crippen molar-refractivity contribution in [2.24, 2.45) is 0 Å². The second kappa shape index (κ2) is 10.2. The molecule has 3 rings (SSSR count). The van der Waals surface area contributed by atoms with Crippen molar-refractivity contribution >= 4 is 10.8 Å². The topological polar surface area (TPSA) is 0 Å². The number of hydrogen-bond acceptors (Lipinski definition) is 0. The minimum atomic E-state index is 0.271. The molecule has 0 fully saturated rings. The van der Waals surface area contributed by atoms with Crippen molar-refractivity contribution in [2.45, 2.75) is 84.5 Å². The summed E-state index contributed by atoms with van der Waals surface area (Å²) in [7, 11) is 0. The van der Waals surface area contributed by atoms with E-state index < -0.39 is 0 Å². The second-order valence-corrected chi connectivity index (χ2v) is 9.43. The van der Waals surface area contributed by atoms with Crippen LogP contribution in [0.5, 0.6) is 0 Å². The van der Waals surface area contributed by atoms with Gasteiger partial charge in [0, 0.05) is 5.41 Å². The Kier molecular flexibility index (Phi) is 7.64. The van der Waals surface area contributed by atoms with Crippen molar-refractivity contribution in [3.63, 3.8) is 0 Å². The lowest BCUT2D eigenvalue weighted by Gasteiger charge is -2.27. The first-order chi connectivity index (χ1) is 14.5. The molecule has 0 N–H and O–H groups in total. The van der Waals surface area contributed by atoms with Crippen molar-refractivity contribution in [3.8, 4) is 0 Å². The molecule has 0 saturated carbocycles. The molecule has 0 heterocycles. The molecule has 0 radical (unpaired) electrons. The van der Waals surface area contributed by atoms with Gasteiger partial charge in [0.05, 0.1) is 19.8 Å². The fraction of sp³-hybridized carbons (Fsp3) is 0.433. The maximum atomic E-state index is 2.43. The monoisotopic (exact) mass is 399 g/mol. The summed E-state index contributed by atoms with van der Waals surface area (Å²) in [6.07, 6.45) is 9.63. The highest BCUT2D eigenvalue weighted by molar-refractivity contribution is 5.88. The van der Waals surface area contributed by atoms with Gasteiger partial charge in [-0.2, -0.15) is 0 Å². The number of unbranched alkanes of at least 4 members (excludes halogenated alkanes) is 1. The predicted molar refractivity (Wildman–Crippen MR) is 133 cm³/mol. The summed E-state index contributed by atoms with van der Waals surface area (Å²) >= 11 is 0. The molecule has 3 aromatic rings. The van der Waals surface area contributed by atoms with Crippen LogP contribution in [0.25, 0.3) is 10.8 Å². The summed E-state index contributed by atoms with van der Waals surface area (Å²) in [5.41, 5.74) is 6.11. The highest BCUT2D eigenvalue weighted by Crippen LogP contribution is 2.35. The molecule has 0 bridgehead atoms. The standard InChI is InChI=1S/C30H39/c1-6-8-22-30(5,21-7-2)28-19-17-25(18-20-28)23(3)15-16-27-14-10-13-26-12-9-11-24(4)29(26)27/h7,9-14,17-20,23H,6,8,15-16,21-22H2,1-5H3/q+1. The minimum absolute atomic E-state index is 0.271. The molecular weight excluding hydrogens is 360 g/mol. The molecule has 0 aliphatic rings. The van der Waals surface area contributed by atoms with Gasteiger partial charge >= 0.3 is 0 Å². The van der Waals surface area contributed by atoms with E-state index >= 15 is 0 Å². The number of benzene rings is 3. The molecule has 0 aliphatic carbocycles. The van der Waals surface area contributed by atoms with Crippen molar-refractivity contribution in [2.75, 3.05) is 0 Å². The molecule has 30 heavy (non-hydrogen) atoms. The van der Waals surface area contributed by atoms with Gasteiger partial charge in [0.25, 0.3) is 0 Å². The van der Waals surface area contributed by atoms with E-state index in [-0.39, 0.29) is 5.41 Å². The van der Waals surface area contributed by atoms with Crippen molar-refractivity contribution in [1.29, 1.82) is 0 Å². The Morgan fingerprint density at radius 3 is 2.33 bits per heavy atom. The Bertz CT molecular complexity index is 929. The van der Waals surface area contributed by atoms with Crippen LogP contribution in [0.3, 0.4) is 0 Å². The van der Waals surface area contributed by atoms with Crippen LogP contribution in [0, 0.1) is 13.3 Å². The zero-order chi connectivity index (χ0) is 21.6. The van der Waals surface area contributed by atoms with Gasteiger partial charge in [-0.3, -0.25) is 0 Å². The lowest BCUT2D eigenvalue weighted by atomic mass is 9.74. The summed E-state index contributed by atoms with van der Waals surface area (Å²) in [4.78, 5) is 0. The number of fused-ring (bicyclic) bond motifs is 1. The number of hydrogen-bond donors (Lipinski definition) is 0. The van der Waals surface area contributed by atoms with E-state index in [4.69, 9.17) is 0 Å². The van der Waals surface area contributed by atoms with Crippen molar-refractivity contribution in [1.82, 2.24) is 0 Å². The quantitative estimate of drug-likeness (QED) is 0.298. The number of rotatable bonds is 10. The van der Waals surface area contributed by atoms with Gasteiger partial charge in [-0.1, -0.05) is 94.3 Å². The Morgan fingerprint density at radius 2 is 1.67 bits per heavy atom. The Balaban J connectivity index is 1.72. The molecule has 2 atom stereocenters. The van der Waals surface area contributed by atoms with Crippen LogP contribution in [0.2, 0.25) is 0 Å². The Labute approximate surface area is 184 Å². The van der Waals surface area contributed by atoms with E-state index in [0.29, 0.717) is 5.92 Å². The first-order valence-electron chi connectivity index (χ1n) is 11.8. The van der Waals surface area contributed by atoms with E-state index in [1.807, 2.05) is 0 Å². The first-order valence-corrected chi connectivity index (χ1v) is 11.8. The smallest absolute Gasteiger partial charge is 0.0654 e. The van der Waals surface area contributed by atoms with E-state index in [1.165, 1.54) is 58.7 Å². The SMILES string of the molecule is C[CH+]CC(C)(CCCC)c1ccc(C(C)CCc2cccc3cccc(C)c23)cc1. The zero-order valence-corrected chi connectivity index (χ0v) is 19.7. The van der Waals surface area contributed by atoms with Gasteiger partial charge in [-0.15, -0.1) is 0 Å². The van der Waals surface area contributed by atoms with Crippen LogP contribution < -0.4 is 0 Å². The third kappa shape index (κ3) is 5.09. The molecule has 0 heteroatoms. The molecule has 0 nitrogen and oxygen atoms in total. The van der Waals surface area contributed by atoms with Gasteiger partial charge in [0.2, 0.25) is 0 Å². The molecule has 0 amide bonds. The van der Waals surface area contributed by atoms with E-state index in [1.54, 1.807) is 0 Å². The third-order valence-corrected chi connectivity index (χ3v) is 6.96. The van der Waals surface area contributed by atoms with E-state index in [2.05, 4.69) is 102 Å². The first kappa shape index (κ1) is 22.5. The van der Waals surface area contributed by atoms with Crippen LogP contribution >= 0.6 is 0 Å². The average Bonchev–Trinajstić information content (AvgIpc) is 2.76. The molecule has 3 aromatic carbocycles. The zero-order valence-electron chi connectivity index (χ0n) is 19.7. The van der Waals surface area contributed by atoms with Gasteiger partial charge in [-0.25, -0.2) is 0 Å². The maximum Gasteiger partial charge on any atom is 0.0966 e. The van der Waals surface area contributed by atoms with Gasteiger partial charge in [0.15, 0.2) is 0 Å². The Morgan fingerprint density at radius 1 is 0.967 bits per heavy atom. The van der Waals surface area contributed by atoms with Gasteiger partial charge in [-0.05, 0) is 65.1 Å². The van der Waals surface area contributed by atoms with Crippen molar-refractivity contribution < 1.29 is 0 Å². The highest BCUT2D eigenvalue weighted by Gasteiger charge is 2.28. The van der Waals surface area contributed by atoms with Crippen LogP contribution in [0.4, 0.5) is 0 Å². The minimum Gasteiger partial charge on any atom is -0.0654 e. The second-order valence-electron chi connectivity index (χ2n) is 9.43. The molecule has 0 spiro atoms. The molecule has 0 aliphatic heterocycles. The molecule has 2 unspecified atom stereocenters. The van der Waals surface area contributed by atoms with Crippen LogP contribution in [-0.2, 0) is 11.8 Å². The highest BCUT2D eigenvalue weighted by atomic mass is 14.3. The van der Waals surface area contributed by atoms with Crippen LogP contribution in [-0.4, -0.2) is 0 Å². The summed E-state index contributed by atoms with van der Waals surface area (Å²) in [5.74, 6) is 0.568. The lowest BCUT2D eigenvalue weighted by molar-refractivity contribution is 0.410. The fourth-order valence-corrected chi connectivity index (χ4v) is 4.96. The summed E-state index contributed by atoms with van der Waals surface area (Å²) in [5, 5.41) is 2.81. The van der Waals surface area contributed by atoms with Gasteiger partial charge in [0.1, 0.15) is 0 Å². The average molecular weight is 400 g/mol. The molecule has 158 valence electrons. The summed E-state index contributed by atoms with van der Waals surface area (Å²) in [6, 6.07) is 22.9. The van der Waals surface area contributed by atoms with Crippen molar-refractivity contribution in [3.05, 3.63) is 89.3 Å².